The van der Waals surface area contributed by atoms with Crippen molar-refractivity contribution in [3.63, 3.8) is 0 Å². The quantitative estimate of drug-likeness (QED) is 0.225. The number of benzene rings is 3. The first-order valence-corrected chi connectivity index (χ1v) is 13.2. The van der Waals surface area contributed by atoms with Crippen molar-refractivity contribution >= 4 is 66.3 Å². The molecule has 3 heterocycles. The Hall–Kier alpha value is -3.95. The van der Waals surface area contributed by atoms with Gasteiger partial charge in [0.1, 0.15) is 11.0 Å². The maximum atomic E-state index is 13.8. The molecular weight excluding hydrogens is 490 g/mol. The largest absolute Gasteiger partial charge is 0.349 e. The number of anilines is 1. The predicted molar refractivity (Wildman–Crippen MR) is 148 cm³/mol. The number of para-hydroxylation sites is 2. The summed E-state index contributed by atoms with van der Waals surface area (Å²) in [7, 11) is 0. The smallest absolute Gasteiger partial charge is 0.283 e. The van der Waals surface area contributed by atoms with E-state index in [0.717, 1.165) is 37.9 Å². The number of aryl methyl sites for hydroxylation is 1. The average Bonchev–Trinajstić information content (AvgIpc) is 3.46. The van der Waals surface area contributed by atoms with Gasteiger partial charge in [-0.1, -0.05) is 65.6 Å². The van der Waals surface area contributed by atoms with E-state index in [9.17, 15) is 9.59 Å². The van der Waals surface area contributed by atoms with Gasteiger partial charge in [0.2, 0.25) is 5.91 Å². The van der Waals surface area contributed by atoms with Crippen LogP contribution in [-0.2, 0) is 4.79 Å². The third kappa shape index (κ3) is 3.86. The molecule has 0 radical (unpaired) electrons. The molecule has 178 valence electrons. The van der Waals surface area contributed by atoms with Crippen LogP contribution < -0.4 is 10.9 Å². The fraction of sp³-hybridized carbons (Fsp3) is 0.111. The first-order valence-electron chi connectivity index (χ1n) is 11.4. The van der Waals surface area contributed by atoms with E-state index in [-0.39, 0.29) is 17.2 Å². The molecule has 36 heavy (non-hydrogen) atoms. The number of thioether (sulfide) groups is 1. The number of H-pyrrole nitrogens is 1. The standard InChI is InChI=1S/C27H21N5O2S2/c1-15-8-7-12-20(16(15)2)32-25(34)24-23(17-9-3-4-10-18(17)28-24)31-27(32)35-14-22(33)30-26-29-19-11-5-6-13-21(19)36-26/h3-13,28H,14H2,1-2H3,(H,29,30,33). The Bertz CT molecular complexity index is 1820. The monoisotopic (exact) mass is 511 g/mol. The summed E-state index contributed by atoms with van der Waals surface area (Å²) in [6.45, 7) is 4.00. The number of rotatable bonds is 5. The highest BCUT2D eigenvalue weighted by Crippen LogP contribution is 2.29. The summed E-state index contributed by atoms with van der Waals surface area (Å²) in [4.78, 5) is 39.2. The van der Waals surface area contributed by atoms with Crippen molar-refractivity contribution < 1.29 is 4.79 Å². The van der Waals surface area contributed by atoms with Gasteiger partial charge in [0.05, 0.1) is 21.7 Å². The molecule has 0 saturated carbocycles. The second-order valence-electron chi connectivity index (χ2n) is 8.47. The fourth-order valence-electron chi connectivity index (χ4n) is 4.24. The SMILES string of the molecule is Cc1cccc(-n2c(SCC(=O)Nc3nc4ccccc4s3)nc3c([nH]c4ccccc43)c2=O)c1C. The zero-order valence-electron chi connectivity index (χ0n) is 19.5. The lowest BCUT2D eigenvalue weighted by Crippen LogP contribution is -2.23. The molecule has 0 saturated heterocycles. The third-order valence-electron chi connectivity index (χ3n) is 6.18. The van der Waals surface area contributed by atoms with Crippen LogP contribution in [0, 0.1) is 13.8 Å². The fourth-order valence-corrected chi connectivity index (χ4v) is 5.92. The Kier molecular flexibility index (Phi) is 5.58. The average molecular weight is 512 g/mol. The highest BCUT2D eigenvalue weighted by Gasteiger charge is 2.20. The van der Waals surface area contributed by atoms with Gasteiger partial charge in [0.15, 0.2) is 10.3 Å². The lowest BCUT2D eigenvalue weighted by molar-refractivity contribution is -0.113. The van der Waals surface area contributed by atoms with Crippen molar-refractivity contribution in [2.24, 2.45) is 0 Å². The van der Waals surface area contributed by atoms with E-state index < -0.39 is 0 Å². The lowest BCUT2D eigenvalue weighted by Gasteiger charge is -2.15. The molecule has 0 unspecified atom stereocenters. The van der Waals surface area contributed by atoms with Crippen molar-refractivity contribution in [1.29, 1.82) is 0 Å². The molecule has 6 aromatic rings. The summed E-state index contributed by atoms with van der Waals surface area (Å²) < 4.78 is 2.62. The summed E-state index contributed by atoms with van der Waals surface area (Å²) in [5, 5.41) is 4.77. The van der Waals surface area contributed by atoms with Gasteiger partial charge >= 0.3 is 0 Å². The number of aromatic amines is 1. The van der Waals surface area contributed by atoms with Crippen LogP contribution in [0.15, 0.2) is 76.7 Å². The number of hydrogen-bond donors (Lipinski definition) is 2. The van der Waals surface area contributed by atoms with Crippen molar-refractivity contribution in [3.05, 3.63) is 88.2 Å². The lowest BCUT2D eigenvalue weighted by atomic mass is 10.1. The van der Waals surface area contributed by atoms with Crippen LogP contribution in [-0.4, -0.2) is 31.2 Å². The second kappa shape index (κ2) is 8.92. The summed E-state index contributed by atoms with van der Waals surface area (Å²) in [5.74, 6) is -0.124. The maximum Gasteiger partial charge on any atom is 0.283 e. The van der Waals surface area contributed by atoms with Crippen molar-refractivity contribution in [3.8, 4) is 5.69 Å². The highest BCUT2D eigenvalue weighted by molar-refractivity contribution is 7.99. The first-order chi connectivity index (χ1) is 17.5. The molecule has 1 amide bonds. The van der Waals surface area contributed by atoms with E-state index in [2.05, 4.69) is 15.3 Å². The first kappa shape index (κ1) is 22.5. The molecule has 9 heteroatoms. The topological polar surface area (TPSA) is 92.7 Å². The number of thiazole rings is 1. The number of fused-ring (bicyclic) bond motifs is 4. The van der Waals surface area contributed by atoms with Crippen LogP contribution in [0.5, 0.6) is 0 Å². The molecule has 0 aliphatic carbocycles. The number of carbonyl (C=O) groups is 1. The Morgan fingerprint density at radius 2 is 1.83 bits per heavy atom. The van der Waals surface area contributed by atoms with Gasteiger partial charge in [-0.3, -0.25) is 14.2 Å². The minimum Gasteiger partial charge on any atom is -0.349 e. The van der Waals surface area contributed by atoms with Gasteiger partial charge in [0, 0.05) is 10.9 Å². The van der Waals surface area contributed by atoms with Gasteiger partial charge in [-0.25, -0.2) is 9.97 Å². The van der Waals surface area contributed by atoms with Gasteiger partial charge in [-0.05, 0) is 49.2 Å². The minimum absolute atomic E-state index is 0.0844. The molecule has 0 fully saturated rings. The van der Waals surface area contributed by atoms with E-state index in [1.165, 1.54) is 23.1 Å². The van der Waals surface area contributed by atoms with Crippen molar-refractivity contribution in [1.82, 2.24) is 19.5 Å². The van der Waals surface area contributed by atoms with Crippen LogP contribution >= 0.6 is 23.1 Å². The van der Waals surface area contributed by atoms with E-state index in [0.29, 0.717) is 21.3 Å². The van der Waals surface area contributed by atoms with E-state index in [1.807, 2.05) is 80.6 Å². The Balaban J connectivity index is 1.40. The molecule has 3 aromatic carbocycles. The molecule has 0 bridgehead atoms. The molecule has 6 rings (SSSR count). The minimum atomic E-state index is -0.208. The number of nitrogens with one attached hydrogen (secondary N) is 2. The normalized spacial score (nSPS) is 11.5. The van der Waals surface area contributed by atoms with Gasteiger partial charge in [0.25, 0.3) is 5.56 Å². The second-order valence-corrected chi connectivity index (χ2v) is 10.4. The molecule has 0 aliphatic heterocycles. The van der Waals surface area contributed by atoms with Gasteiger partial charge in [-0.15, -0.1) is 0 Å². The summed E-state index contributed by atoms with van der Waals surface area (Å²) in [6.07, 6.45) is 0. The number of carbonyl (C=O) groups excluding carboxylic acids is 1. The van der Waals surface area contributed by atoms with Crippen LogP contribution in [0.4, 0.5) is 5.13 Å². The Labute approximate surface area is 214 Å². The Morgan fingerprint density at radius 3 is 2.69 bits per heavy atom. The summed E-state index contributed by atoms with van der Waals surface area (Å²) >= 11 is 2.66. The van der Waals surface area contributed by atoms with Crippen molar-refractivity contribution in [2.75, 3.05) is 11.1 Å². The van der Waals surface area contributed by atoms with Gasteiger partial charge in [-0.2, -0.15) is 0 Å². The highest BCUT2D eigenvalue weighted by atomic mass is 32.2. The number of amides is 1. The maximum absolute atomic E-state index is 13.8. The van der Waals surface area contributed by atoms with Gasteiger partial charge < -0.3 is 10.3 Å². The molecular formula is C27H21N5O2S2. The van der Waals surface area contributed by atoms with Crippen LogP contribution in [0.25, 0.3) is 37.8 Å². The van der Waals surface area contributed by atoms with Crippen LogP contribution in [0.3, 0.4) is 0 Å². The van der Waals surface area contributed by atoms with E-state index in [1.54, 1.807) is 4.57 Å². The molecule has 0 aliphatic rings. The van der Waals surface area contributed by atoms with Crippen LogP contribution in [0.2, 0.25) is 0 Å². The van der Waals surface area contributed by atoms with E-state index >= 15 is 0 Å². The number of nitrogens with zero attached hydrogens (tertiary/aromatic N) is 3. The summed E-state index contributed by atoms with van der Waals surface area (Å²) in [6, 6.07) is 21.3. The molecule has 0 spiro atoms. The third-order valence-corrected chi connectivity index (χ3v) is 8.07. The zero-order valence-corrected chi connectivity index (χ0v) is 21.2. The molecule has 0 atom stereocenters. The van der Waals surface area contributed by atoms with Crippen molar-refractivity contribution in [2.45, 2.75) is 19.0 Å². The van der Waals surface area contributed by atoms with Crippen LogP contribution in [0.1, 0.15) is 11.1 Å². The molecule has 2 N–H and O–H groups in total. The molecule has 7 nitrogen and oxygen atoms in total. The zero-order chi connectivity index (χ0) is 24.8. The molecule has 3 aromatic heterocycles. The predicted octanol–water partition coefficient (Wildman–Crippen LogP) is 5.82. The van der Waals surface area contributed by atoms with E-state index in [4.69, 9.17) is 4.98 Å². The number of hydrogen-bond acceptors (Lipinski definition) is 6. The number of aromatic nitrogens is 4. The Morgan fingerprint density at radius 1 is 1.03 bits per heavy atom. The summed E-state index contributed by atoms with van der Waals surface area (Å²) in [5.41, 5.74) is 5.35.